The highest BCUT2D eigenvalue weighted by molar-refractivity contribution is 5.94. The second kappa shape index (κ2) is 7.02. The zero-order valence-electron chi connectivity index (χ0n) is 13.9. The van der Waals surface area contributed by atoms with E-state index in [1.54, 1.807) is 29.2 Å². The quantitative estimate of drug-likeness (QED) is 0.895. The van der Waals surface area contributed by atoms with E-state index in [-0.39, 0.29) is 17.9 Å². The van der Waals surface area contributed by atoms with Crippen LogP contribution in [-0.4, -0.2) is 59.9 Å². The van der Waals surface area contributed by atoms with Crippen LogP contribution >= 0.6 is 0 Å². The summed E-state index contributed by atoms with van der Waals surface area (Å²) in [5.41, 5.74) is 1.03. The Balaban J connectivity index is 1.55. The molecule has 0 bridgehead atoms. The molecule has 0 radical (unpaired) electrons. The third-order valence-electron chi connectivity index (χ3n) is 4.69. The third-order valence-corrected chi connectivity index (χ3v) is 4.69. The molecule has 0 spiro atoms. The SMILES string of the molecule is CC(C(=O)NC1CC1)N1CCN(C(=O)c2cccc(C#N)c2)CC1. The summed E-state index contributed by atoms with van der Waals surface area (Å²) in [5, 5.41) is 12.0. The largest absolute Gasteiger partial charge is 0.352 e. The second-order valence-corrected chi connectivity index (χ2v) is 6.48. The third kappa shape index (κ3) is 3.74. The fraction of sp³-hybridized carbons (Fsp3) is 0.500. The summed E-state index contributed by atoms with van der Waals surface area (Å²) in [5.74, 6) is 0.0285. The Morgan fingerprint density at radius 3 is 2.58 bits per heavy atom. The summed E-state index contributed by atoms with van der Waals surface area (Å²) in [6, 6.07) is 9.05. The number of carbonyl (C=O) groups is 2. The maximum Gasteiger partial charge on any atom is 0.253 e. The monoisotopic (exact) mass is 326 g/mol. The van der Waals surface area contributed by atoms with Crippen LogP contribution < -0.4 is 5.32 Å². The number of benzene rings is 1. The highest BCUT2D eigenvalue weighted by Crippen LogP contribution is 2.19. The minimum Gasteiger partial charge on any atom is -0.352 e. The Morgan fingerprint density at radius 2 is 1.96 bits per heavy atom. The molecule has 1 saturated carbocycles. The van der Waals surface area contributed by atoms with Gasteiger partial charge in [-0.1, -0.05) is 6.07 Å². The van der Waals surface area contributed by atoms with Gasteiger partial charge in [0.2, 0.25) is 5.91 Å². The van der Waals surface area contributed by atoms with E-state index in [1.165, 1.54) is 0 Å². The molecule has 1 unspecified atom stereocenters. The first-order valence-electron chi connectivity index (χ1n) is 8.42. The number of rotatable bonds is 4. The van der Waals surface area contributed by atoms with Crippen LogP contribution in [0.1, 0.15) is 35.7 Å². The van der Waals surface area contributed by atoms with Gasteiger partial charge in [-0.15, -0.1) is 0 Å². The van der Waals surface area contributed by atoms with E-state index in [4.69, 9.17) is 5.26 Å². The van der Waals surface area contributed by atoms with E-state index in [0.29, 0.717) is 43.3 Å². The van der Waals surface area contributed by atoms with Crippen molar-refractivity contribution in [3.63, 3.8) is 0 Å². The van der Waals surface area contributed by atoms with Crippen molar-refractivity contribution in [1.29, 1.82) is 5.26 Å². The number of piperazine rings is 1. The smallest absolute Gasteiger partial charge is 0.253 e. The van der Waals surface area contributed by atoms with E-state index in [9.17, 15) is 9.59 Å². The van der Waals surface area contributed by atoms with Crippen molar-refractivity contribution in [2.75, 3.05) is 26.2 Å². The predicted octanol–water partition coefficient (Wildman–Crippen LogP) is 0.983. The molecule has 6 nitrogen and oxygen atoms in total. The number of nitrogens with zero attached hydrogens (tertiary/aromatic N) is 3. The molecule has 1 N–H and O–H groups in total. The number of hydrogen-bond donors (Lipinski definition) is 1. The minimum absolute atomic E-state index is 0.0539. The van der Waals surface area contributed by atoms with Gasteiger partial charge in [0.25, 0.3) is 5.91 Å². The van der Waals surface area contributed by atoms with Gasteiger partial charge in [0.15, 0.2) is 0 Å². The van der Waals surface area contributed by atoms with Gasteiger partial charge < -0.3 is 10.2 Å². The molecule has 24 heavy (non-hydrogen) atoms. The highest BCUT2D eigenvalue weighted by Gasteiger charge is 2.31. The molecule has 1 aromatic rings. The van der Waals surface area contributed by atoms with Crippen molar-refractivity contribution in [2.45, 2.75) is 31.8 Å². The van der Waals surface area contributed by atoms with Gasteiger partial charge in [0, 0.05) is 37.8 Å². The first-order valence-corrected chi connectivity index (χ1v) is 8.42. The Labute approximate surface area is 142 Å². The highest BCUT2D eigenvalue weighted by atomic mass is 16.2. The number of carbonyl (C=O) groups excluding carboxylic acids is 2. The molecule has 126 valence electrons. The van der Waals surface area contributed by atoms with Gasteiger partial charge in [0.1, 0.15) is 0 Å². The lowest BCUT2D eigenvalue weighted by Gasteiger charge is -2.37. The number of nitriles is 1. The molecular weight excluding hydrogens is 304 g/mol. The lowest BCUT2D eigenvalue weighted by molar-refractivity contribution is -0.126. The first kappa shape index (κ1) is 16.5. The van der Waals surface area contributed by atoms with Crippen molar-refractivity contribution < 1.29 is 9.59 Å². The van der Waals surface area contributed by atoms with Crippen LogP contribution in [0.5, 0.6) is 0 Å². The van der Waals surface area contributed by atoms with E-state index < -0.39 is 0 Å². The van der Waals surface area contributed by atoms with Crippen LogP contribution in [0.15, 0.2) is 24.3 Å². The summed E-state index contributed by atoms with van der Waals surface area (Å²) in [6.45, 7) is 4.48. The van der Waals surface area contributed by atoms with Gasteiger partial charge in [-0.25, -0.2) is 0 Å². The van der Waals surface area contributed by atoms with Crippen LogP contribution in [0.4, 0.5) is 0 Å². The normalized spacial score (nSPS) is 19.4. The molecule has 0 aromatic heterocycles. The average Bonchev–Trinajstić information content (AvgIpc) is 3.44. The van der Waals surface area contributed by atoms with Crippen LogP contribution in [0.3, 0.4) is 0 Å². The van der Waals surface area contributed by atoms with Crippen molar-refractivity contribution in [3.8, 4) is 6.07 Å². The fourth-order valence-electron chi connectivity index (χ4n) is 2.93. The van der Waals surface area contributed by atoms with Gasteiger partial charge >= 0.3 is 0 Å². The first-order chi connectivity index (χ1) is 11.6. The number of hydrogen-bond acceptors (Lipinski definition) is 4. The maximum absolute atomic E-state index is 12.6. The number of nitrogens with one attached hydrogen (secondary N) is 1. The van der Waals surface area contributed by atoms with Crippen molar-refractivity contribution in [3.05, 3.63) is 35.4 Å². The fourth-order valence-corrected chi connectivity index (χ4v) is 2.93. The molecule has 1 saturated heterocycles. The molecule has 2 amide bonds. The van der Waals surface area contributed by atoms with Crippen LogP contribution in [-0.2, 0) is 4.79 Å². The summed E-state index contributed by atoms with van der Waals surface area (Å²) in [4.78, 5) is 28.6. The summed E-state index contributed by atoms with van der Waals surface area (Å²) in [7, 11) is 0. The topological polar surface area (TPSA) is 76.4 Å². The Kier molecular flexibility index (Phi) is 4.81. The molecule has 1 aliphatic carbocycles. The molecule has 2 fully saturated rings. The Bertz CT molecular complexity index is 670. The van der Waals surface area contributed by atoms with Gasteiger partial charge in [0.05, 0.1) is 17.7 Å². The standard InChI is InChI=1S/C18H22N4O2/c1-13(17(23)20-16-5-6-16)21-7-9-22(10-8-21)18(24)15-4-2-3-14(11-15)12-19/h2-4,11,13,16H,5-10H2,1H3,(H,20,23). The minimum atomic E-state index is -0.162. The van der Waals surface area contributed by atoms with Crippen LogP contribution in [0, 0.1) is 11.3 Å². The molecule has 1 atom stereocenters. The van der Waals surface area contributed by atoms with Crippen molar-refractivity contribution >= 4 is 11.8 Å². The van der Waals surface area contributed by atoms with E-state index in [2.05, 4.69) is 16.3 Å². The lowest BCUT2D eigenvalue weighted by atomic mass is 10.1. The predicted molar refractivity (Wildman–Crippen MR) is 89.3 cm³/mol. The van der Waals surface area contributed by atoms with E-state index >= 15 is 0 Å². The second-order valence-electron chi connectivity index (χ2n) is 6.48. The van der Waals surface area contributed by atoms with Crippen LogP contribution in [0.25, 0.3) is 0 Å². The van der Waals surface area contributed by atoms with Crippen LogP contribution in [0.2, 0.25) is 0 Å². The van der Waals surface area contributed by atoms with E-state index in [0.717, 1.165) is 12.8 Å². The summed E-state index contributed by atoms with van der Waals surface area (Å²) in [6.07, 6.45) is 2.17. The van der Waals surface area contributed by atoms with Crippen molar-refractivity contribution in [1.82, 2.24) is 15.1 Å². The molecular formula is C18H22N4O2. The zero-order chi connectivity index (χ0) is 17.1. The zero-order valence-corrected chi connectivity index (χ0v) is 13.9. The molecule has 2 aliphatic rings. The van der Waals surface area contributed by atoms with Gasteiger partial charge in [-0.2, -0.15) is 5.26 Å². The molecule has 3 rings (SSSR count). The summed E-state index contributed by atoms with van der Waals surface area (Å²) >= 11 is 0. The molecule has 6 heteroatoms. The maximum atomic E-state index is 12.6. The molecule has 1 aliphatic heterocycles. The average molecular weight is 326 g/mol. The molecule has 1 aromatic carbocycles. The van der Waals surface area contributed by atoms with E-state index in [1.807, 2.05) is 6.92 Å². The number of amides is 2. The Hall–Kier alpha value is -2.39. The van der Waals surface area contributed by atoms with Crippen molar-refractivity contribution in [2.24, 2.45) is 0 Å². The van der Waals surface area contributed by atoms with Gasteiger partial charge in [-0.05, 0) is 38.0 Å². The summed E-state index contributed by atoms with van der Waals surface area (Å²) < 4.78 is 0. The Morgan fingerprint density at radius 1 is 1.25 bits per heavy atom. The lowest BCUT2D eigenvalue weighted by Crippen LogP contribution is -2.55. The van der Waals surface area contributed by atoms with Gasteiger partial charge in [-0.3, -0.25) is 14.5 Å². The molecule has 1 heterocycles.